The minimum Gasteiger partial charge on any atom is -0.388 e. The summed E-state index contributed by atoms with van der Waals surface area (Å²) in [6.45, 7) is 1.09. The van der Waals surface area contributed by atoms with Crippen LogP contribution in [0.25, 0.3) is 0 Å². The van der Waals surface area contributed by atoms with Crippen molar-refractivity contribution in [3.05, 3.63) is 33.0 Å². The summed E-state index contributed by atoms with van der Waals surface area (Å²) < 4.78 is 19.5. The summed E-state index contributed by atoms with van der Waals surface area (Å²) in [7, 11) is 0. The van der Waals surface area contributed by atoms with Crippen LogP contribution in [0.1, 0.15) is 18.1 Å². The normalized spacial score (nSPS) is 22.4. The molecule has 1 saturated heterocycles. The van der Waals surface area contributed by atoms with E-state index in [1.54, 1.807) is 12.1 Å². The van der Waals surface area contributed by atoms with E-state index in [1.807, 2.05) is 0 Å². The summed E-state index contributed by atoms with van der Waals surface area (Å²) in [5.74, 6) is -0.609. The van der Waals surface area contributed by atoms with E-state index in [4.69, 9.17) is 16.3 Å². The smallest absolute Gasteiger partial charge is 0.148 e. The van der Waals surface area contributed by atoms with Crippen molar-refractivity contribution in [1.82, 2.24) is 0 Å². The van der Waals surface area contributed by atoms with Crippen LogP contribution >= 0.6 is 27.5 Å². The van der Waals surface area contributed by atoms with Crippen LogP contribution in [0.5, 0.6) is 0 Å². The molecule has 1 aromatic rings. The molecule has 0 bridgehead atoms. The van der Waals surface area contributed by atoms with E-state index in [2.05, 4.69) is 15.9 Å². The van der Waals surface area contributed by atoms with E-state index < -0.39 is 11.9 Å². The molecular formula is C11H11BrClFO2. The molecule has 2 nitrogen and oxygen atoms in total. The molecule has 1 aliphatic heterocycles. The second kappa shape index (κ2) is 5.00. The fourth-order valence-corrected chi connectivity index (χ4v) is 2.30. The van der Waals surface area contributed by atoms with Crippen LogP contribution in [0, 0.1) is 11.7 Å². The molecule has 1 heterocycles. The number of rotatable bonds is 2. The van der Waals surface area contributed by atoms with Gasteiger partial charge in [-0.15, -0.1) is 0 Å². The van der Waals surface area contributed by atoms with E-state index in [-0.39, 0.29) is 16.5 Å². The predicted molar refractivity (Wildman–Crippen MR) is 63.0 cm³/mol. The highest BCUT2D eigenvalue weighted by Crippen LogP contribution is 2.35. The molecule has 0 aromatic heterocycles. The first-order chi connectivity index (χ1) is 7.61. The highest BCUT2D eigenvalue weighted by Gasteiger charge is 2.28. The fourth-order valence-electron chi connectivity index (χ4n) is 1.82. The van der Waals surface area contributed by atoms with Gasteiger partial charge in [0.15, 0.2) is 0 Å². The number of benzene rings is 1. The number of halogens is 3. The molecule has 1 N–H and O–H groups in total. The van der Waals surface area contributed by atoms with Gasteiger partial charge < -0.3 is 9.84 Å². The largest absolute Gasteiger partial charge is 0.388 e. The van der Waals surface area contributed by atoms with Gasteiger partial charge >= 0.3 is 0 Å². The van der Waals surface area contributed by atoms with Crippen molar-refractivity contribution in [3.63, 3.8) is 0 Å². The Morgan fingerprint density at radius 2 is 2.31 bits per heavy atom. The Bertz CT molecular complexity index is 394. The van der Waals surface area contributed by atoms with Crippen LogP contribution in [0.2, 0.25) is 5.02 Å². The molecule has 0 amide bonds. The summed E-state index contributed by atoms with van der Waals surface area (Å²) in [5, 5.41) is 10.0. The van der Waals surface area contributed by atoms with Crippen molar-refractivity contribution in [2.45, 2.75) is 12.5 Å². The molecule has 0 saturated carbocycles. The summed E-state index contributed by atoms with van der Waals surface area (Å²) in [6, 6.07) is 3.19. The summed E-state index contributed by atoms with van der Waals surface area (Å²) >= 11 is 8.90. The van der Waals surface area contributed by atoms with Crippen LogP contribution in [0.4, 0.5) is 4.39 Å². The molecule has 88 valence electrons. The van der Waals surface area contributed by atoms with Gasteiger partial charge in [0.2, 0.25) is 0 Å². The first-order valence-corrected chi connectivity index (χ1v) is 6.17. The Kier molecular flexibility index (Phi) is 3.85. The standard InChI is InChI=1S/C11H11BrClFO2/c12-8-2-1-7(10(14)9(8)13)11(15)6-3-4-16-5-6/h1-2,6,11,15H,3-5H2. The number of aliphatic hydroxyl groups is 1. The zero-order valence-electron chi connectivity index (χ0n) is 8.42. The highest BCUT2D eigenvalue weighted by molar-refractivity contribution is 9.10. The van der Waals surface area contributed by atoms with Gasteiger partial charge in [-0.05, 0) is 28.4 Å². The maximum absolute atomic E-state index is 13.8. The average molecular weight is 310 g/mol. The van der Waals surface area contributed by atoms with Crippen LogP contribution < -0.4 is 0 Å². The summed E-state index contributed by atoms with van der Waals surface area (Å²) in [4.78, 5) is 0. The Morgan fingerprint density at radius 1 is 1.56 bits per heavy atom. The lowest BCUT2D eigenvalue weighted by atomic mass is 9.95. The first kappa shape index (κ1) is 12.3. The SMILES string of the molecule is OC(c1ccc(Br)c(Cl)c1F)C1CCOC1. The third-order valence-electron chi connectivity index (χ3n) is 2.80. The Labute approximate surface area is 106 Å². The van der Waals surface area contributed by atoms with Gasteiger partial charge in [-0.25, -0.2) is 4.39 Å². The molecule has 1 aliphatic rings. The van der Waals surface area contributed by atoms with Crippen LogP contribution in [-0.4, -0.2) is 18.3 Å². The molecule has 0 radical (unpaired) electrons. The molecule has 2 unspecified atom stereocenters. The number of aliphatic hydroxyl groups excluding tert-OH is 1. The van der Waals surface area contributed by atoms with Gasteiger partial charge in [0.1, 0.15) is 5.82 Å². The Balaban J connectivity index is 2.29. The molecule has 1 fully saturated rings. The highest BCUT2D eigenvalue weighted by atomic mass is 79.9. The van der Waals surface area contributed by atoms with Gasteiger partial charge in [-0.2, -0.15) is 0 Å². The molecule has 5 heteroatoms. The average Bonchev–Trinajstić information content (AvgIpc) is 2.79. The third-order valence-corrected chi connectivity index (χ3v) is 4.05. The van der Waals surface area contributed by atoms with Crippen LogP contribution in [0.15, 0.2) is 16.6 Å². The van der Waals surface area contributed by atoms with Gasteiger partial charge in [0.05, 0.1) is 17.7 Å². The lowest BCUT2D eigenvalue weighted by Crippen LogP contribution is -2.14. The van der Waals surface area contributed by atoms with E-state index in [0.29, 0.717) is 17.7 Å². The zero-order valence-corrected chi connectivity index (χ0v) is 10.8. The van der Waals surface area contributed by atoms with Crippen molar-refractivity contribution in [2.24, 2.45) is 5.92 Å². The second-order valence-corrected chi connectivity index (χ2v) is 5.07. The van der Waals surface area contributed by atoms with E-state index in [0.717, 1.165) is 6.42 Å². The minimum atomic E-state index is -0.854. The fraction of sp³-hybridized carbons (Fsp3) is 0.455. The molecule has 1 aromatic carbocycles. The molecule has 16 heavy (non-hydrogen) atoms. The molecular weight excluding hydrogens is 298 g/mol. The monoisotopic (exact) mass is 308 g/mol. The van der Waals surface area contributed by atoms with Crippen molar-refractivity contribution in [2.75, 3.05) is 13.2 Å². The Morgan fingerprint density at radius 3 is 2.94 bits per heavy atom. The lowest BCUT2D eigenvalue weighted by Gasteiger charge is -2.18. The van der Waals surface area contributed by atoms with Crippen LogP contribution in [0.3, 0.4) is 0 Å². The number of hydrogen-bond donors (Lipinski definition) is 1. The van der Waals surface area contributed by atoms with Crippen LogP contribution in [-0.2, 0) is 4.74 Å². The zero-order chi connectivity index (χ0) is 11.7. The number of hydrogen-bond acceptors (Lipinski definition) is 2. The minimum absolute atomic E-state index is 0.00969. The lowest BCUT2D eigenvalue weighted by molar-refractivity contribution is 0.0889. The predicted octanol–water partition coefficient (Wildman–Crippen LogP) is 3.31. The van der Waals surface area contributed by atoms with Gasteiger partial charge in [-0.1, -0.05) is 17.7 Å². The summed E-state index contributed by atoms with van der Waals surface area (Å²) in [5.41, 5.74) is 0.240. The van der Waals surface area contributed by atoms with Crippen molar-refractivity contribution in [1.29, 1.82) is 0 Å². The van der Waals surface area contributed by atoms with E-state index in [1.165, 1.54) is 0 Å². The molecule has 2 rings (SSSR count). The Hall–Kier alpha value is -0.160. The maximum Gasteiger partial charge on any atom is 0.148 e. The van der Waals surface area contributed by atoms with Crippen molar-refractivity contribution >= 4 is 27.5 Å². The van der Waals surface area contributed by atoms with Crippen molar-refractivity contribution < 1.29 is 14.2 Å². The topological polar surface area (TPSA) is 29.5 Å². The second-order valence-electron chi connectivity index (χ2n) is 3.83. The van der Waals surface area contributed by atoms with Gasteiger partial charge in [-0.3, -0.25) is 0 Å². The van der Waals surface area contributed by atoms with E-state index in [9.17, 15) is 9.50 Å². The first-order valence-electron chi connectivity index (χ1n) is 5.00. The number of ether oxygens (including phenoxy) is 1. The van der Waals surface area contributed by atoms with Gasteiger partial charge in [0, 0.05) is 22.6 Å². The van der Waals surface area contributed by atoms with Crippen molar-refractivity contribution in [3.8, 4) is 0 Å². The quantitative estimate of drug-likeness (QED) is 0.849. The molecule has 0 aliphatic carbocycles. The third kappa shape index (κ3) is 2.25. The molecule has 2 atom stereocenters. The summed E-state index contributed by atoms with van der Waals surface area (Å²) in [6.07, 6.45) is -0.109. The van der Waals surface area contributed by atoms with E-state index >= 15 is 0 Å². The van der Waals surface area contributed by atoms with Gasteiger partial charge in [0.25, 0.3) is 0 Å². The molecule has 0 spiro atoms. The maximum atomic E-state index is 13.8.